The van der Waals surface area contributed by atoms with E-state index >= 15 is 0 Å². The van der Waals surface area contributed by atoms with E-state index in [0.717, 1.165) is 5.92 Å². The maximum atomic E-state index is 3.82. The Labute approximate surface area is 63.6 Å². The first-order chi connectivity index (χ1) is 4.93. The van der Waals surface area contributed by atoms with Crippen molar-refractivity contribution >= 4 is 0 Å². The summed E-state index contributed by atoms with van der Waals surface area (Å²) < 4.78 is 0. The topological polar surface area (TPSA) is 0 Å². The van der Waals surface area contributed by atoms with E-state index in [1.165, 1.54) is 32.1 Å². The fraction of sp³-hybridized carbons (Fsp3) is 0.600. The lowest BCUT2D eigenvalue weighted by Gasteiger charge is -2.11. The van der Waals surface area contributed by atoms with E-state index in [9.17, 15) is 0 Å². The Hall–Kier alpha value is -0.520. The highest BCUT2D eigenvalue weighted by atomic mass is 14.1. The zero-order valence-electron chi connectivity index (χ0n) is 6.55. The quantitative estimate of drug-likeness (QED) is 0.485. The smallest absolute Gasteiger partial charge is 0.0202 e. The van der Waals surface area contributed by atoms with Gasteiger partial charge in [-0.1, -0.05) is 24.6 Å². The van der Waals surface area contributed by atoms with Gasteiger partial charge in [0.25, 0.3) is 0 Å². The Bertz CT molecular complexity index is 122. The molecule has 0 aromatic carbocycles. The summed E-state index contributed by atoms with van der Waals surface area (Å²) in [5.74, 6) is 0.747. The van der Waals surface area contributed by atoms with Gasteiger partial charge in [0.2, 0.25) is 0 Å². The lowest BCUT2D eigenvalue weighted by Crippen LogP contribution is -1.96. The predicted molar refractivity (Wildman–Crippen MR) is 45.9 cm³/mol. The fourth-order valence-electron chi connectivity index (χ4n) is 1.39. The Morgan fingerprint density at radius 2 is 2.20 bits per heavy atom. The van der Waals surface area contributed by atoms with Gasteiger partial charge >= 0.3 is 0 Å². The second kappa shape index (κ2) is 4.32. The van der Waals surface area contributed by atoms with Gasteiger partial charge in [0.15, 0.2) is 0 Å². The fourth-order valence-corrected chi connectivity index (χ4v) is 1.39. The average molecular weight is 136 g/mol. The maximum absolute atomic E-state index is 3.82. The predicted octanol–water partition coefficient (Wildman–Crippen LogP) is 3.31. The molecule has 1 atom stereocenters. The van der Waals surface area contributed by atoms with Crippen LogP contribution in [0.4, 0.5) is 0 Å². The molecule has 0 heteroatoms. The van der Waals surface area contributed by atoms with E-state index < -0.39 is 0 Å². The highest BCUT2D eigenvalue weighted by Crippen LogP contribution is 2.18. The van der Waals surface area contributed by atoms with Crippen molar-refractivity contribution in [2.45, 2.75) is 32.1 Å². The summed E-state index contributed by atoms with van der Waals surface area (Å²) in [5, 5.41) is 0. The van der Waals surface area contributed by atoms with Crippen LogP contribution in [-0.4, -0.2) is 0 Å². The van der Waals surface area contributed by atoms with Crippen LogP contribution >= 0.6 is 0 Å². The molecule has 0 nitrogen and oxygen atoms in total. The minimum absolute atomic E-state index is 0.747. The molecular formula is C10H16. The Morgan fingerprint density at radius 3 is 3.00 bits per heavy atom. The first kappa shape index (κ1) is 7.59. The molecule has 56 valence electrons. The Morgan fingerprint density at radius 1 is 1.30 bits per heavy atom. The maximum Gasteiger partial charge on any atom is -0.0202 e. The number of rotatable bonds is 1. The summed E-state index contributed by atoms with van der Waals surface area (Å²) in [7, 11) is 0. The van der Waals surface area contributed by atoms with Crippen LogP contribution in [0.2, 0.25) is 0 Å². The van der Waals surface area contributed by atoms with Gasteiger partial charge in [0, 0.05) is 0 Å². The van der Waals surface area contributed by atoms with Crippen molar-refractivity contribution in [1.82, 2.24) is 0 Å². The van der Waals surface area contributed by atoms with E-state index in [2.05, 4.69) is 24.8 Å². The largest absolute Gasteiger partial charge is 0.103 e. The molecule has 0 N–H and O–H groups in total. The van der Waals surface area contributed by atoms with Gasteiger partial charge in [0.05, 0.1) is 0 Å². The lowest BCUT2D eigenvalue weighted by atomic mass is 9.95. The molecule has 0 aromatic rings. The third kappa shape index (κ3) is 2.38. The van der Waals surface area contributed by atoms with Gasteiger partial charge in [0.1, 0.15) is 0 Å². The SMILES string of the molecule is C=CC1C/C=C\CCCC1. The van der Waals surface area contributed by atoms with Gasteiger partial charge in [-0.2, -0.15) is 0 Å². The minimum atomic E-state index is 0.747. The van der Waals surface area contributed by atoms with Gasteiger partial charge in [-0.15, -0.1) is 6.58 Å². The van der Waals surface area contributed by atoms with Crippen LogP contribution in [0.25, 0.3) is 0 Å². The molecule has 1 aliphatic rings. The van der Waals surface area contributed by atoms with Crippen LogP contribution in [0.15, 0.2) is 24.8 Å². The Balaban J connectivity index is 2.37. The van der Waals surface area contributed by atoms with Gasteiger partial charge < -0.3 is 0 Å². The van der Waals surface area contributed by atoms with Crippen LogP contribution in [0.5, 0.6) is 0 Å². The summed E-state index contributed by atoms with van der Waals surface area (Å²) in [4.78, 5) is 0. The van der Waals surface area contributed by atoms with E-state index in [1.807, 2.05) is 0 Å². The molecule has 0 saturated heterocycles. The molecule has 0 aliphatic heterocycles. The molecule has 0 amide bonds. The molecular weight excluding hydrogens is 120 g/mol. The summed E-state index contributed by atoms with van der Waals surface area (Å²) in [6.07, 6.45) is 13.3. The van der Waals surface area contributed by atoms with Crippen LogP contribution in [0.1, 0.15) is 32.1 Å². The highest BCUT2D eigenvalue weighted by molar-refractivity contribution is 4.91. The van der Waals surface area contributed by atoms with Gasteiger partial charge in [-0.3, -0.25) is 0 Å². The number of allylic oxidation sites excluding steroid dienone is 3. The Kier molecular flexibility index (Phi) is 3.28. The van der Waals surface area contributed by atoms with Crippen LogP contribution in [0, 0.1) is 5.92 Å². The van der Waals surface area contributed by atoms with Crippen molar-refractivity contribution in [2.24, 2.45) is 5.92 Å². The summed E-state index contributed by atoms with van der Waals surface area (Å²) >= 11 is 0. The third-order valence-corrected chi connectivity index (χ3v) is 2.13. The van der Waals surface area contributed by atoms with Crippen molar-refractivity contribution in [3.05, 3.63) is 24.8 Å². The lowest BCUT2D eigenvalue weighted by molar-refractivity contribution is 0.541. The van der Waals surface area contributed by atoms with Gasteiger partial charge in [-0.05, 0) is 31.6 Å². The highest BCUT2D eigenvalue weighted by Gasteiger charge is 2.02. The van der Waals surface area contributed by atoms with Crippen LogP contribution in [-0.2, 0) is 0 Å². The summed E-state index contributed by atoms with van der Waals surface area (Å²) in [5.41, 5.74) is 0. The first-order valence-electron chi connectivity index (χ1n) is 4.21. The van der Waals surface area contributed by atoms with E-state index in [-0.39, 0.29) is 0 Å². The van der Waals surface area contributed by atoms with E-state index in [1.54, 1.807) is 0 Å². The zero-order chi connectivity index (χ0) is 7.23. The van der Waals surface area contributed by atoms with Crippen molar-refractivity contribution in [2.75, 3.05) is 0 Å². The zero-order valence-corrected chi connectivity index (χ0v) is 6.55. The van der Waals surface area contributed by atoms with Crippen molar-refractivity contribution in [3.8, 4) is 0 Å². The molecule has 0 heterocycles. The second-order valence-corrected chi connectivity index (χ2v) is 2.99. The number of hydrogen-bond acceptors (Lipinski definition) is 0. The molecule has 10 heavy (non-hydrogen) atoms. The van der Waals surface area contributed by atoms with E-state index in [4.69, 9.17) is 0 Å². The standard InChI is InChI=1S/C10H16/c1-2-10-8-6-4-3-5-7-9-10/h2,4,6,10H,1,3,5,7-9H2/b6-4-. The molecule has 1 rings (SSSR count). The van der Waals surface area contributed by atoms with Crippen molar-refractivity contribution in [1.29, 1.82) is 0 Å². The van der Waals surface area contributed by atoms with Crippen molar-refractivity contribution < 1.29 is 0 Å². The normalized spacial score (nSPS) is 30.2. The second-order valence-electron chi connectivity index (χ2n) is 2.99. The number of hydrogen-bond donors (Lipinski definition) is 0. The first-order valence-corrected chi connectivity index (χ1v) is 4.21. The van der Waals surface area contributed by atoms with Crippen LogP contribution in [0.3, 0.4) is 0 Å². The average Bonchev–Trinajstić information content (AvgIpc) is 1.87. The molecule has 0 fully saturated rings. The molecule has 1 unspecified atom stereocenters. The van der Waals surface area contributed by atoms with Gasteiger partial charge in [-0.25, -0.2) is 0 Å². The molecule has 0 spiro atoms. The monoisotopic (exact) mass is 136 g/mol. The summed E-state index contributed by atoms with van der Waals surface area (Å²) in [6, 6.07) is 0. The molecule has 0 radical (unpaired) electrons. The minimum Gasteiger partial charge on any atom is -0.103 e. The van der Waals surface area contributed by atoms with Crippen LogP contribution < -0.4 is 0 Å². The van der Waals surface area contributed by atoms with E-state index in [0.29, 0.717) is 0 Å². The van der Waals surface area contributed by atoms with Crippen molar-refractivity contribution in [3.63, 3.8) is 0 Å². The molecule has 0 aromatic heterocycles. The molecule has 0 saturated carbocycles. The third-order valence-electron chi connectivity index (χ3n) is 2.13. The molecule has 1 aliphatic carbocycles. The molecule has 0 bridgehead atoms. The summed E-state index contributed by atoms with van der Waals surface area (Å²) in [6.45, 7) is 3.82.